The molecule has 0 amide bonds. The highest BCUT2D eigenvalue weighted by Gasteiger charge is 2.26. The molecule has 0 aliphatic rings. The van der Waals surface area contributed by atoms with Crippen LogP contribution >= 0.6 is 0 Å². The summed E-state index contributed by atoms with van der Waals surface area (Å²) in [6.07, 6.45) is 3.55. The Morgan fingerprint density at radius 3 is 2.24 bits per heavy atom. The van der Waals surface area contributed by atoms with Gasteiger partial charge in [-0.2, -0.15) is 0 Å². The van der Waals surface area contributed by atoms with Crippen molar-refractivity contribution in [3.63, 3.8) is 0 Å². The van der Waals surface area contributed by atoms with Crippen LogP contribution < -0.4 is 4.90 Å². The second-order valence-corrected chi connectivity index (χ2v) is 5.57. The van der Waals surface area contributed by atoms with Crippen molar-refractivity contribution in [2.24, 2.45) is 0 Å². The Kier molecular flexibility index (Phi) is 5.24. The molecule has 0 atom stereocenters. The van der Waals surface area contributed by atoms with Crippen LogP contribution in [0.4, 0.5) is 14.5 Å². The molecule has 0 aromatic heterocycles. The lowest BCUT2D eigenvalue weighted by atomic mass is 10.0. The van der Waals surface area contributed by atoms with Crippen LogP contribution in [0.5, 0.6) is 0 Å². The van der Waals surface area contributed by atoms with E-state index in [2.05, 4.69) is 6.58 Å². The van der Waals surface area contributed by atoms with Crippen LogP contribution in [0.3, 0.4) is 0 Å². The van der Waals surface area contributed by atoms with Gasteiger partial charge in [-0.3, -0.25) is 0 Å². The van der Waals surface area contributed by atoms with Crippen molar-refractivity contribution in [3.8, 4) is 0 Å². The Hall–Kier alpha value is -2.17. The summed E-state index contributed by atoms with van der Waals surface area (Å²) in [6.45, 7) is 9.42. The summed E-state index contributed by atoms with van der Waals surface area (Å²) in [5.74, 6) is -2.66. The fourth-order valence-electron chi connectivity index (χ4n) is 1.94. The topological polar surface area (TPSA) is 40.5 Å². The molecule has 0 spiro atoms. The number of rotatable bonds is 5. The monoisotopic (exact) mass is 295 g/mol. The van der Waals surface area contributed by atoms with E-state index < -0.39 is 23.1 Å². The molecular formula is C16H19F2NO2. The van der Waals surface area contributed by atoms with Crippen LogP contribution in [-0.4, -0.2) is 23.2 Å². The van der Waals surface area contributed by atoms with Crippen molar-refractivity contribution in [2.75, 3.05) is 11.4 Å². The third-order valence-electron chi connectivity index (χ3n) is 2.85. The van der Waals surface area contributed by atoms with Crippen LogP contribution in [0.25, 0.3) is 6.08 Å². The molecule has 114 valence electrons. The number of anilines is 1. The smallest absolute Gasteiger partial charge is 0.328 e. The van der Waals surface area contributed by atoms with Crippen LogP contribution in [0.1, 0.15) is 26.3 Å². The lowest BCUT2D eigenvalue weighted by Crippen LogP contribution is -2.42. The van der Waals surface area contributed by atoms with Crippen LogP contribution in [0, 0.1) is 11.6 Å². The zero-order valence-electron chi connectivity index (χ0n) is 12.4. The SMILES string of the molecule is C=CCN(c1c(F)cc(/C=C/C(=O)O)cc1F)C(C)(C)C. The van der Waals surface area contributed by atoms with Gasteiger partial charge in [0.1, 0.15) is 17.3 Å². The van der Waals surface area contributed by atoms with E-state index in [-0.39, 0.29) is 11.3 Å². The summed E-state index contributed by atoms with van der Waals surface area (Å²) in [4.78, 5) is 12.0. The maximum atomic E-state index is 14.2. The molecule has 3 nitrogen and oxygen atoms in total. The highest BCUT2D eigenvalue weighted by atomic mass is 19.1. The fourth-order valence-corrected chi connectivity index (χ4v) is 1.94. The Balaban J connectivity index is 3.31. The molecule has 0 saturated heterocycles. The second kappa shape index (κ2) is 6.52. The lowest BCUT2D eigenvalue weighted by molar-refractivity contribution is -0.131. The number of hydrogen-bond donors (Lipinski definition) is 1. The van der Waals surface area contributed by atoms with Gasteiger partial charge in [-0.15, -0.1) is 6.58 Å². The van der Waals surface area contributed by atoms with E-state index in [0.717, 1.165) is 24.3 Å². The van der Waals surface area contributed by atoms with Gasteiger partial charge in [-0.05, 0) is 44.5 Å². The first-order valence-corrected chi connectivity index (χ1v) is 6.45. The second-order valence-electron chi connectivity index (χ2n) is 5.57. The summed E-state index contributed by atoms with van der Waals surface area (Å²) >= 11 is 0. The minimum atomic E-state index is -1.18. The molecule has 5 heteroatoms. The summed E-state index contributed by atoms with van der Waals surface area (Å²) in [7, 11) is 0. The van der Waals surface area contributed by atoms with E-state index in [9.17, 15) is 13.6 Å². The van der Waals surface area contributed by atoms with Gasteiger partial charge in [0.25, 0.3) is 0 Å². The molecule has 1 aromatic rings. The van der Waals surface area contributed by atoms with Crippen molar-refractivity contribution in [3.05, 3.63) is 48.1 Å². The molecule has 0 aliphatic carbocycles. The number of hydrogen-bond acceptors (Lipinski definition) is 2. The van der Waals surface area contributed by atoms with Crippen molar-refractivity contribution < 1.29 is 18.7 Å². The van der Waals surface area contributed by atoms with Crippen molar-refractivity contribution in [1.82, 2.24) is 0 Å². The molecule has 0 saturated carbocycles. The minimum absolute atomic E-state index is 0.144. The largest absolute Gasteiger partial charge is 0.478 e. The number of benzene rings is 1. The predicted octanol–water partition coefficient (Wildman–Crippen LogP) is 3.85. The highest BCUT2D eigenvalue weighted by Crippen LogP contribution is 2.30. The number of carboxylic acid groups (broad SMARTS) is 1. The Labute approximate surface area is 123 Å². The van der Waals surface area contributed by atoms with Gasteiger partial charge >= 0.3 is 5.97 Å². The van der Waals surface area contributed by atoms with E-state index >= 15 is 0 Å². The number of halogens is 2. The first-order valence-electron chi connectivity index (χ1n) is 6.45. The zero-order chi connectivity index (χ0) is 16.2. The molecular weight excluding hydrogens is 276 g/mol. The van der Waals surface area contributed by atoms with Gasteiger partial charge in [0.05, 0.1) is 0 Å². The molecule has 1 rings (SSSR count). The Morgan fingerprint density at radius 1 is 1.33 bits per heavy atom. The van der Waals surface area contributed by atoms with Gasteiger partial charge in [0.15, 0.2) is 0 Å². The molecule has 0 radical (unpaired) electrons. The summed E-state index contributed by atoms with van der Waals surface area (Å²) in [5.41, 5.74) is -0.479. The average molecular weight is 295 g/mol. The highest BCUT2D eigenvalue weighted by molar-refractivity contribution is 5.85. The third kappa shape index (κ3) is 4.41. The van der Waals surface area contributed by atoms with Crippen LogP contribution in [0.2, 0.25) is 0 Å². The summed E-state index contributed by atoms with van der Waals surface area (Å²) in [6, 6.07) is 2.22. The first-order chi connectivity index (χ1) is 9.66. The molecule has 0 bridgehead atoms. The number of carbonyl (C=O) groups is 1. The van der Waals surface area contributed by atoms with Crippen molar-refractivity contribution >= 4 is 17.7 Å². The molecule has 0 fully saturated rings. The lowest BCUT2D eigenvalue weighted by Gasteiger charge is -2.37. The van der Waals surface area contributed by atoms with E-state index in [0.29, 0.717) is 6.54 Å². The molecule has 0 aliphatic heterocycles. The van der Waals surface area contributed by atoms with Gasteiger partial charge < -0.3 is 10.0 Å². The van der Waals surface area contributed by atoms with E-state index in [4.69, 9.17) is 5.11 Å². The predicted molar refractivity (Wildman–Crippen MR) is 80.3 cm³/mol. The molecule has 0 unspecified atom stereocenters. The van der Waals surface area contributed by atoms with E-state index in [1.54, 1.807) is 11.0 Å². The Morgan fingerprint density at radius 2 is 1.86 bits per heavy atom. The summed E-state index contributed by atoms with van der Waals surface area (Å²) < 4.78 is 28.5. The third-order valence-corrected chi connectivity index (χ3v) is 2.85. The number of nitrogens with zero attached hydrogens (tertiary/aromatic N) is 1. The van der Waals surface area contributed by atoms with E-state index in [1.165, 1.54) is 0 Å². The van der Waals surface area contributed by atoms with Gasteiger partial charge in [-0.1, -0.05) is 6.08 Å². The van der Waals surface area contributed by atoms with Crippen molar-refractivity contribution in [2.45, 2.75) is 26.3 Å². The molecule has 21 heavy (non-hydrogen) atoms. The minimum Gasteiger partial charge on any atom is -0.478 e. The zero-order valence-corrected chi connectivity index (χ0v) is 12.4. The molecule has 1 aromatic carbocycles. The van der Waals surface area contributed by atoms with Crippen LogP contribution in [-0.2, 0) is 4.79 Å². The maximum Gasteiger partial charge on any atom is 0.328 e. The van der Waals surface area contributed by atoms with E-state index in [1.807, 2.05) is 20.8 Å². The molecule has 0 heterocycles. The maximum absolute atomic E-state index is 14.2. The Bertz CT molecular complexity index is 551. The van der Waals surface area contributed by atoms with Gasteiger partial charge in [-0.25, -0.2) is 13.6 Å². The van der Waals surface area contributed by atoms with Crippen molar-refractivity contribution in [1.29, 1.82) is 0 Å². The fraction of sp³-hybridized carbons (Fsp3) is 0.312. The number of aliphatic carboxylic acids is 1. The normalized spacial score (nSPS) is 11.7. The summed E-state index contributed by atoms with van der Waals surface area (Å²) in [5, 5.41) is 8.54. The average Bonchev–Trinajstić information content (AvgIpc) is 2.33. The quantitative estimate of drug-likeness (QED) is 0.662. The standard InChI is InChI=1S/C16H19F2NO2/c1-5-8-19(16(2,3)4)15-12(17)9-11(10-13(15)18)6-7-14(20)21/h5-7,9-10H,1,8H2,2-4H3,(H,20,21)/b7-6+. The van der Waals surface area contributed by atoms with Crippen LogP contribution in [0.15, 0.2) is 30.9 Å². The van der Waals surface area contributed by atoms with Gasteiger partial charge in [0, 0.05) is 18.2 Å². The number of carboxylic acids is 1. The first kappa shape index (κ1) is 16.9. The van der Waals surface area contributed by atoms with Gasteiger partial charge in [0.2, 0.25) is 0 Å². The molecule has 1 N–H and O–H groups in total.